The highest BCUT2D eigenvalue weighted by atomic mass is 16.5. The Morgan fingerprint density at radius 3 is 2.15 bits per heavy atom. The van der Waals surface area contributed by atoms with E-state index in [1.807, 2.05) is 0 Å². The molecule has 0 unspecified atom stereocenters. The standard InChI is InChI=1S/C17H30N2O/c1-6-19(7-2)12-13-20-17-10-8-16(9-11-17)14-15(3)18(4)5/h8-11,15H,6-7,12-14H2,1-5H3/p+2/t15-/m1/s1. The fraction of sp³-hybridized carbons (Fsp3) is 0.647. The highest BCUT2D eigenvalue weighted by molar-refractivity contribution is 5.27. The molecule has 3 heteroatoms. The normalized spacial score (nSPS) is 12.9. The van der Waals surface area contributed by atoms with Crippen LogP contribution in [0.1, 0.15) is 26.3 Å². The van der Waals surface area contributed by atoms with E-state index >= 15 is 0 Å². The number of benzene rings is 1. The lowest BCUT2D eigenvalue weighted by Gasteiger charge is -2.17. The number of nitrogens with one attached hydrogen (secondary N) is 2. The Balaban J connectivity index is 2.39. The van der Waals surface area contributed by atoms with Crippen molar-refractivity contribution in [2.24, 2.45) is 0 Å². The van der Waals surface area contributed by atoms with Gasteiger partial charge in [0.2, 0.25) is 0 Å². The Kier molecular flexibility index (Phi) is 7.63. The van der Waals surface area contributed by atoms with E-state index in [1.54, 1.807) is 4.90 Å². The fourth-order valence-electron chi connectivity index (χ4n) is 2.20. The molecular weight excluding hydrogens is 248 g/mol. The maximum atomic E-state index is 5.82. The summed E-state index contributed by atoms with van der Waals surface area (Å²) in [6.45, 7) is 11.0. The Morgan fingerprint density at radius 1 is 1.05 bits per heavy atom. The molecule has 114 valence electrons. The molecule has 1 atom stereocenters. The SMILES string of the molecule is CC[NH+](CC)CCOc1ccc(C[C@@H](C)[NH+](C)C)cc1. The summed E-state index contributed by atoms with van der Waals surface area (Å²) in [6.07, 6.45) is 1.12. The van der Waals surface area contributed by atoms with Crippen LogP contribution in [0.4, 0.5) is 0 Å². The van der Waals surface area contributed by atoms with E-state index in [0.717, 1.165) is 25.3 Å². The Morgan fingerprint density at radius 2 is 1.65 bits per heavy atom. The van der Waals surface area contributed by atoms with Gasteiger partial charge in [0.05, 0.1) is 33.2 Å². The molecule has 0 spiro atoms. The molecule has 0 saturated carbocycles. The van der Waals surface area contributed by atoms with Crippen molar-refractivity contribution in [2.75, 3.05) is 40.3 Å². The fourth-order valence-corrected chi connectivity index (χ4v) is 2.20. The van der Waals surface area contributed by atoms with Crippen molar-refractivity contribution >= 4 is 0 Å². The first-order valence-corrected chi connectivity index (χ1v) is 7.92. The number of hydrogen-bond donors (Lipinski definition) is 2. The monoisotopic (exact) mass is 280 g/mol. The molecule has 0 heterocycles. The van der Waals surface area contributed by atoms with Gasteiger partial charge in [0.1, 0.15) is 18.9 Å². The van der Waals surface area contributed by atoms with Crippen molar-refractivity contribution < 1.29 is 14.5 Å². The van der Waals surface area contributed by atoms with E-state index in [4.69, 9.17) is 4.74 Å². The van der Waals surface area contributed by atoms with Gasteiger partial charge in [-0.1, -0.05) is 12.1 Å². The van der Waals surface area contributed by atoms with Crippen molar-refractivity contribution in [3.05, 3.63) is 29.8 Å². The van der Waals surface area contributed by atoms with Crippen LogP contribution in [0.2, 0.25) is 0 Å². The van der Waals surface area contributed by atoms with Crippen molar-refractivity contribution in [3.63, 3.8) is 0 Å². The van der Waals surface area contributed by atoms with Crippen LogP contribution in [-0.4, -0.2) is 46.4 Å². The summed E-state index contributed by atoms with van der Waals surface area (Å²) < 4.78 is 5.82. The molecule has 0 aliphatic carbocycles. The first kappa shape index (κ1) is 17.0. The minimum absolute atomic E-state index is 0.646. The predicted octanol–water partition coefficient (Wildman–Crippen LogP) is 0.0656. The maximum absolute atomic E-state index is 5.82. The summed E-state index contributed by atoms with van der Waals surface area (Å²) in [5.74, 6) is 0.991. The summed E-state index contributed by atoms with van der Waals surface area (Å²) >= 11 is 0. The van der Waals surface area contributed by atoms with E-state index in [2.05, 4.69) is 59.1 Å². The largest absolute Gasteiger partial charge is 0.488 e. The molecule has 0 bridgehead atoms. The summed E-state index contributed by atoms with van der Waals surface area (Å²) in [4.78, 5) is 3.08. The van der Waals surface area contributed by atoms with E-state index in [0.29, 0.717) is 6.04 Å². The molecule has 0 aliphatic heterocycles. The minimum atomic E-state index is 0.646. The van der Waals surface area contributed by atoms with Gasteiger partial charge in [-0.3, -0.25) is 0 Å². The van der Waals surface area contributed by atoms with Crippen LogP contribution in [-0.2, 0) is 6.42 Å². The second-order valence-electron chi connectivity index (χ2n) is 5.88. The smallest absolute Gasteiger partial charge is 0.137 e. The summed E-state index contributed by atoms with van der Waals surface area (Å²) in [5.41, 5.74) is 1.39. The molecule has 0 saturated heterocycles. The minimum Gasteiger partial charge on any atom is -0.488 e. The van der Waals surface area contributed by atoms with E-state index in [-0.39, 0.29) is 0 Å². The summed E-state index contributed by atoms with van der Waals surface area (Å²) in [7, 11) is 4.41. The summed E-state index contributed by atoms with van der Waals surface area (Å²) in [5, 5.41) is 0. The van der Waals surface area contributed by atoms with Crippen LogP contribution in [0.15, 0.2) is 24.3 Å². The molecule has 1 rings (SSSR count). The molecule has 1 aromatic rings. The van der Waals surface area contributed by atoms with Gasteiger partial charge in [-0.2, -0.15) is 0 Å². The lowest BCUT2D eigenvalue weighted by atomic mass is 10.1. The number of hydrogen-bond acceptors (Lipinski definition) is 1. The Labute approximate surface area is 124 Å². The average molecular weight is 280 g/mol. The number of likely N-dealkylation sites (N-methyl/N-ethyl adjacent to an activating group) is 2. The van der Waals surface area contributed by atoms with Crippen LogP contribution in [0, 0.1) is 0 Å². The first-order chi connectivity index (χ1) is 9.56. The number of quaternary nitrogens is 2. The molecule has 0 amide bonds. The lowest BCUT2D eigenvalue weighted by molar-refractivity contribution is -0.896. The third-order valence-electron chi connectivity index (χ3n) is 4.18. The molecule has 2 N–H and O–H groups in total. The molecule has 3 nitrogen and oxygen atoms in total. The van der Waals surface area contributed by atoms with Crippen molar-refractivity contribution in [1.82, 2.24) is 0 Å². The zero-order valence-corrected chi connectivity index (χ0v) is 13.8. The lowest BCUT2D eigenvalue weighted by Crippen LogP contribution is -3.12. The Bertz CT molecular complexity index is 358. The van der Waals surface area contributed by atoms with Gasteiger partial charge in [-0.25, -0.2) is 0 Å². The van der Waals surface area contributed by atoms with E-state index in [9.17, 15) is 0 Å². The van der Waals surface area contributed by atoms with Crippen LogP contribution in [0.5, 0.6) is 5.75 Å². The zero-order chi connectivity index (χ0) is 15.0. The second kappa shape index (κ2) is 8.98. The molecule has 0 aromatic heterocycles. The quantitative estimate of drug-likeness (QED) is 0.655. The van der Waals surface area contributed by atoms with Crippen LogP contribution in [0.25, 0.3) is 0 Å². The van der Waals surface area contributed by atoms with Crippen molar-refractivity contribution in [3.8, 4) is 5.75 Å². The predicted molar refractivity (Wildman–Crippen MR) is 84.8 cm³/mol. The molecule has 1 aromatic carbocycles. The van der Waals surface area contributed by atoms with Gasteiger partial charge in [-0.15, -0.1) is 0 Å². The number of ether oxygens (including phenoxy) is 1. The second-order valence-corrected chi connectivity index (χ2v) is 5.88. The average Bonchev–Trinajstić information content (AvgIpc) is 2.45. The van der Waals surface area contributed by atoms with Gasteiger partial charge in [-0.05, 0) is 38.5 Å². The van der Waals surface area contributed by atoms with Crippen LogP contribution >= 0.6 is 0 Å². The van der Waals surface area contributed by atoms with E-state index in [1.165, 1.54) is 23.6 Å². The van der Waals surface area contributed by atoms with Gasteiger partial charge in [0.25, 0.3) is 0 Å². The highest BCUT2D eigenvalue weighted by Crippen LogP contribution is 2.12. The van der Waals surface area contributed by atoms with Gasteiger partial charge >= 0.3 is 0 Å². The van der Waals surface area contributed by atoms with Crippen LogP contribution < -0.4 is 14.5 Å². The topological polar surface area (TPSA) is 18.1 Å². The maximum Gasteiger partial charge on any atom is 0.137 e. The zero-order valence-electron chi connectivity index (χ0n) is 13.8. The van der Waals surface area contributed by atoms with Crippen LogP contribution in [0.3, 0.4) is 0 Å². The van der Waals surface area contributed by atoms with Crippen molar-refractivity contribution in [2.45, 2.75) is 33.2 Å². The van der Waals surface area contributed by atoms with Crippen molar-refractivity contribution in [1.29, 1.82) is 0 Å². The highest BCUT2D eigenvalue weighted by Gasteiger charge is 2.09. The molecule has 20 heavy (non-hydrogen) atoms. The first-order valence-electron chi connectivity index (χ1n) is 7.92. The number of rotatable bonds is 9. The third kappa shape index (κ3) is 5.93. The molecular formula is C17H32N2O+2. The summed E-state index contributed by atoms with van der Waals surface area (Å²) in [6, 6.07) is 9.24. The third-order valence-corrected chi connectivity index (χ3v) is 4.18. The molecule has 0 radical (unpaired) electrons. The molecule has 0 fully saturated rings. The van der Waals surface area contributed by atoms with Gasteiger partial charge in [0.15, 0.2) is 0 Å². The van der Waals surface area contributed by atoms with Gasteiger partial charge < -0.3 is 14.5 Å². The molecule has 0 aliphatic rings. The Hall–Kier alpha value is -1.06. The van der Waals surface area contributed by atoms with E-state index < -0.39 is 0 Å². The van der Waals surface area contributed by atoms with Gasteiger partial charge in [0, 0.05) is 6.42 Å².